The Bertz CT molecular complexity index is 894. The predicted octanol–water partition coefficient (Wildman–Crippen LogP) is 6.12. The summed E-state index contributed by atoms with van der Waals surface area (Å²) >= 11 is 0. The lowest BCUT2D eigenvalue weighted by molar-refractivity contribution is -0.0348. The van der Waals surface area contributed by atoms with Crippen LogP contribution in [-0.2, 0) is 9.16 Å². The maximum atomic E-state index is 12.9. The van der Waals surface area contributed by atoms with Gasteiger partial charge in [0.1, 0.15) is 5.60 Å². The molecule has 1 amide bonds. The highest BCUT2D eigenvalue weighted by atomic mass is 28.3. The zero-order chi connectivity index (χ0) is 23.0. The van der Waals surface area contributed by atoms with E-state index in [0.29, 0.717) is 13.1 Å². The van der Waals surface area contributed by atoms with Crippen LogP contribution in [0.15, 0.2) is 36.5 Å². The number of ether oxygens (including phenoxy) is 1. The Morgan fingerprint density at radius 2 is 1.77 bits per heavy atom. The molecule has 5 nitrogen and oxygen atoms in total. The molecule has 1 radical (unpaired) electrons. The smallest absolute Gasteiger partial charge is 0.410 e. The Morgan fingerprint density at radius 1 is 1.10 bits per heavy atom. The molecule has 1 aromatic carbocycles. The summed E-state index contributed by atoms with van der Waals surface area (Å²) in [5, 5.41) is 1.25. The zero-order valence-electron chi connectivity index (χ0n) is 20.4. The third kappa shape index (κ3) is 5.72. The van der Waals surface area contributed by atoms with Crippen LogP contribution in [0.1, 0.15) is 54.0 Å². The molecule has 0 aliphatic carbocycles. The first kappa shape index (κ1) is 23.9. The second kappa shape index (κ2) is 8.98. The van der Waals surface area contributed by atoms with Gasteiger partial charge in [0.2, 0.25) is 9.04 Å². The van der Waals surface area contributed by atoms with Crippen LogP contribution in [0.2, 0.25) is 13.1 Å². The Kier molecular flexibility index (Phi) is 6.92. The molecule has 6 heteroatoms. The summed E-state index contributed by atoms with van der Waals surface area (Å²) in [5.74, 6) is 0.178. The van der Waals surface area contributed by atoms with Crippen molar-refractivity contribution >= 4 is 26.0 Å². The third-order valence-electron chi connectivity index (χ3n) is 5.86. The van der Waals surface area contributed by atoms with E-state index >= 15 is 0 Å². The highest BCUT2D eigenvalue weighted by Crippen LogP contribution is 2.41. The quantitative estimate of drug-likeness (QED) is 0.535. The Morgan fingerprint density at radius 3 is 2.39 bits per heavy atom. The van der Waals surface area contributed by atoms with Gasteiger partial charge in [-0.15, -0.1) is 0 Å². The van der Waals surface area contributed by atoms with Crippen molar-refractivity contribution in [3.63, 3.8) is 0 Å². The number of fused-ring (bicyclic) bond motifs is 1. The van der Waals surface area contributed by atoms with Gasteiger partial charge in [0.25, 0.3) is 0 Å². The van der Waals surface area contributed by atoms with E-state index in [4.69, 9.17) is 9.16 Å². The number of aromatic nitrogens is 1. The van der Waals surface area contributed by atoms with E-state index in [1.807, 2.05) is 25.7 Å². The van der Waals surface area contributed by atoms with Crippen LogP contribution in [0.3, 0.4) is 0 Å². The van der Waals surface area contributed by atoms with Crippen molar-refractivity contribution in [3.05, 3.63) is 36.5 Å². The molecule has 3 rings (SSSR count). The van der Waals surface area contributed by atoms with Gasteiger partial charge in [0, 0.05) is 36.8 Å². The Labute approximate surface area is 189 Å². The molecule has 0 bridgehead atoms. The van der Waals surface area contributed by atoms with Crippen LogP contribution in [0, 0.1) is 11.3 Å². The maximum absolute atomic E-state index is 12.9. The van der Waals surface area contributed by atoms with Crippen molar-refractivity contribution in [3.8, 4) is 0 Å². The van der Waals surface area contributed by atoms with Crippen molar-refractivity contribution in [1.82, 2.24) is 9.47 Å². The van der Waals surface area contributed by atoms with Crippen molar-refractivity contribution in [2.75, 3.05) is 13.1 Å². The minimum absolute atomic E-state index is 0.0370. The van der Waals surface area contributed by atoms with Gasteiger partial charge in [-0.25, -0.2) is 4.79 Å². The van der Waals surface area contributed by atoms with Gasteiger partial charge < -0.3 is 18.6 Å². The minimum atomic E-state index is -0.907. The molecule has 171 valence electrons. The number of piperidine rings is 1. The minimum Gasteiger partial charge on any atom is -0.444 e. The van der Waals surface area contributed by atoms with Crippen LogP contribution in [0.5, 0.6) is 0 Å². The molecule has 2 heterocycles. The van der Waals surface area contributed by atoms with E-state index in [9.17, 15) is 4.79 Å². The molecule has 0 N–H and O–H groups in total. The lowest BCUT2D eigenvalue weighted by Crippen LogP contribution is -2.53. The number of nitrogens with zero attached hydrogens (tertiary/aromatic N) is 2. The van der Waals surface area contributed by atoms with E-state index < -0.39 is 14.6 Å². The molecule has 0 saturated carbocycles. The van der Waals surface area contributed by atoms with Gasteiger partial charge in [0.15, 0.2) is 0 Å². The number of hydrogen-bond donors (Lipinski definition) is 0. The summed E-state index contributed by atoms with van der Waals surface area (Å²) in [6.45, 7) is 18.2. The molecule has 1 fully saturated rings. The Balaban J connectivity index is 1.98. The lowest BCUT2D eigenvalue weighted by atomic mass is 9.75. The van der Waals surface area contributed by atoms with Crippen molar-refractivity contribution < 1.29 is 14.0 Å². The van der Waals surface area contributed by atoms with Gasteiger partial charge in [-0.2, -0.15) is 0 Å². The van der Waals surface area contributed by atoms with Crippen molar-refractivity contribution in [2.45, 2.75) is 78.8 Å². The Hall–Kier alpha value is -1.79. The summed E-state index contributed by atoms with van der Waals surface area (Å²) in [6, 6.07) is 11.0. The molecule has 2 aromatic rings. The number of likely N-dealkylation sites (tertiary alicyclic amines) is 1. The number of carbonyl (C=O) groups is 1. The van der Waals surface area contributed by atoms with Gasteiger partial charge in [-0.05, 0) is 63.2 Å². The molecule has 31 heavy (non-hydrogen) atoms. The van der Waals surface area contributed by atoms with Gasteiger partial charge in [0.05, 0.1) is 6.10 Å². The standard InChI is InChI=1S/C25H39N2O3Si/c1-24(2,3)22(30-31(7)8)19-17-26(23(28)29-25(4,5)6)15-14-21(19)27-16-13-18-11-9-10-12-20(18)27/h9-13,16,19,21-22H,14-15,17H2,1-8H3. The SMILES string of the molecule is C[Si](C)OC(C1CN(C(=O)OC(C)(C)C)CCC1n1ccc2ccccc21)C(C)(C)C. The number of benzene rings is 1. The maximum Gasteiger partial charge on any atom is 0.410 e. The zero-order valence-corrected chi connectivity index (χ0v) is 21.4. The van der Waals surface area contributed by atoms with Crippen molar-refractivity contribution in [2.24, 2.45) is 11.3 Å². The predicted molar refractivity (Wildman–Crippen MR) is 129 cm³/mol. The first-order valence-electron chi connectivity index (χ1n) is 11.4. The highest BCUT2D eigenvalue weighted by molar-refractivity contribution is 6.48. The van der Waals surface area contributed by atoms with Gasteiger partial charge >= 0.3 is 6.09 Å². The summed E-state index contributed by atoms with van der Waals surface area (Å²) in [4.78, 5) is 14.8. The topological polar surface area (TPSA) is 43.7 Å². The van der Waals surface area contributed by atoms with Crippen LogP contribution in [0.25, 0.3) is 10.9 Å². The first-order chi connectivity index (χ1) is 14.4. The molecule has 1 aliphatic heterocycles. The summed E-state index contributed by atoms with van der Waals surface area (Å²) < 4.78 is 14.8. The van der Waals surface area contributed by atoms with Crippen LogP contribution in [0.4, 0.5) is 4.79 Å². The molecule has 3 unspecified atom stereocenters. The second-order valence-electron chi connectivity index (χ2n) is 11.0. The number of carbonyl (C=O) groups excluding carboxylic acids is 1. The van der Waals surface area contributed by atoms with E-state index in [1.54, 1.807) is 0 Å². The molecule has 3 atom stereocenters. The van der Waals surface area contributed by atoms with E-state index in [1.165, 1.54) is 10.9 Å². The summed E-state index contributed by atoms with van der Waals surface area (Å²) in [5.41, 5.74) is 0.711. The molecule has 1 saturated heterocycles. The lowest BCUT2D eigenvalue weighted by Gasteiger charge is -2.47. The normalized spacial score (nSPS) is 21.5. The summed E-state index contributed by atoms with van der Waals surface area (Å²) in [7, 11) is -0.907. The number of hydrogen-bond acceptors (Lipinski definition) is 3. The average Bonchev–Trinajstić information content (AvgIpc) is 3.07. The number of para-hydroxylation sites is 1. The van der Waals surface area contributed by atoms with E-state index in [2.05, 4.69) is 75.0 Å². The molecular formula is C25H39N2O3Si. The van der Waals surface area contributed by atoms with E-state index in [-0.39, 0.29) is 29.6 Å². The summed E-state index contributed by atoms with van der Waals surface area (Å²) in [6.07, 6.45) is 2.91. The number of amides is 1. The van der Waals surface area contributed by atoms with Crippen LogP contribution < -0.4 is 0 Å². The van der Waals surface area contributed by atoms with Crippen molar-refractivity contribution in [1.29, 1.82) is 0 Å². The largest absolute Gasteiger partial charge is 0.444 e. The first-order valence-corrected chi connectivity index (χ1v) is 13.8. The molecular weight excluding hydrogens is 404 g/mol. The van der Waals surface area contributed by atoms with Gasteiger partial charge in [-0.3, -0.25) is 0 Å². The van der Waals surface area contributed by atoms with Crippen LogP contribution >= 0.6 is 0 Å². The van der Waals surface area contributed by atoms with E-state index in [0.717, 1.165) is 6.42 Å². The van der Waals surface area contributed by atoms with Gasteiger partial charge in [-0.1, -0.05) is 39.0 Å². The fourth-order valence-electron chi connectivity index (χ4n) is 4.66. The fraction of sp³-hybridized carbons (Fsp3) is 0.640. The molecule has 0 spiro atoms. The average molecular weight is 444 g/mol. The third-order valence-corrected chi connectivity index (χ3v) is 6.59. The highest BCUT2D eigenvalue weighted by Gasteiger charge is 2.43. The monoisotopic (exact) mass is 443 g/mol. The number of rotatable bonds is 4. The molecule has 1 aromatic heterocycles. The molecule has 1 aliphatic rings. The fourth-order valence-corrected chi connectivity index (χ4v) is 5.70. The second-order valence-corrected chi connectivity index (χ2v) is 13.1. The van der Waals surface area contributed by atoms with Crippen LogP contribution in [-0.4, -0.2) is 49.4 Å².